The first-order chi connectivity index (χ1) is 12.6. The lowest BCUT2D eigenvalue weighted by Gasteiger charge is -2.33. The summed E-state index contributed by atoms with van der Waals surface area (Å²) < 4.78 is 10.6. The second-order valence-electron chi connectivity index (χ2n) is 5.68. The number of hydrogen-bond acceptors (Lipinski definition) is 7. The molecule has 1 aliphatic rings. The van der Waals surface area contributed by atoms with Gasteiger partial charge in [-0.3, -0.25) is 4.79 Å². The molecule has 1 aromatic carbocycles. The van der Waals surface area contributed by atoms with Crippen LogP contribution in [0.15, 0.2) is 24.4 Å². The predicted molar refractivity (Wildman–Crippen MR) is 99.7 cm³/mol. The zero-order chi connectivity index (χ0) is 18.5. The predicted octanol–water partition coefficient (Wildman–Crippen LogP) is 2.17. The molecule has 0 bridgehead atoms. The molecule has 8 nitrogen and oxygen atoms in total. The molecule has 1 N–H and O–H groups in total. The first-order valence-corrected chi connectivity index (χ1v) is 8.48. The largest absolute Gasteiger partial charge is 0.495 e. The minimum atomic E-state index is 0.433. The number of ether oxygens (including phenoxy) is 2. The van der Waals surface area contributed by atoms with Crippen LogP contribution in [0.5, 0.6) is 11.5 Å². The molecule has 1 saturated heterocycles. The molecular formula is C17H20ClN5O3. The van der Waals surface area contributed by atoms with Crippen LogP contribution in [0, 0.1) is 0 Å². The second-order valence-corrected chi connectivity index (χ2v) is 6.09. The summed E-state index contributed by atoms with van der Waals surface area (Å²) in [6.45, 7) is 2.82. The number of piperazine rings is 1. The van der Waals surface area contributed by atoms with Crippen molar-refractivity contribution in [3.8, 4) is 11.5 Å². The van der Waals surface area contributed by atoms with Crippen molar-refractivity contribution in [2.24, 2.45) is 0 Å². The van der Waals surface area contributed by atoms with E-state index in [1.807, 2.05) is 6.07 Å². The van der Waals surface area contributed by atoms with Gasteiger partial charge in [-0.1, -0.05) is 11.6 Å². The van der Waals surface area contributed by atoms with Gasteiger partial charge in [-0.2, -0.15) is 4.98 Å². The number of hydrogen-bond donors (Lipinski definition) is 1. The first-order valence-electron chi connectivity index (χ1n) is 8.10. The van der Waals surface area contributed by atoms with Crippen LogP contribution < -0.4 is 19.7 Å². The van der Waals surface area contributed by atoms with E-state index in [0.717, 1.165) is 25.3 Å². The van der Waals surface area contributed by atoms with E-state index in [0.29, 0.717) is 41.2 Å². The summed E-state index contributed by atoms with van der Waals surface area (Å²) in [4.78, 5) is 23.5. The van der Waals surface area contributed by atoms with Crippen LogP contribution in [0.2, 0.25) is 5.02 Å². The molecule has 0 unspecified atom stereocenters. The number of halogens is 1. The highest BCUT2D eigenvalue weighted by molar-refractivity contribution is 6.32. The molecule has 9 heteroatoms. The van der Waals surface area contributed by atoms with Crippen molar-refractivity contribution in [3.05, 3.63) is 29.4 Å². The molecule has 3 rings (SSSR count). The molecule has 1 amide bonds. The lowest BCUT2D eigenvalue weighted by atomic mass is 10.2. The zero-order valence-corrected chi connectivity index (χ0v) is 15.4. The average Bonchev–Trinajstić information content (AvgIpc) is 2.69. The fourth-order valence-corrected chi connectivity index (χ4v) is 2.95. The highest BCUT2D eigenvalue weighted by Gasteiger charge is 2.17. The average molecular weight is 378 g/mol. The third kappa shape index (κ3) is 3.91. The zero-order valence-electron chi connectivity index (χ0n) is 14.6. The summed E-state index contributed by atoms with van der Waals surface area (Å²) in [6.07, 6.45) is 2.57. The maximum absolute atomic E-state index is 10.8. The quantitative estimate of drug-likeness (QED) is 0.773. The van der Waals surface area contributed by atoms with Gasteiger partial charge < -0.3 is 24.6 Å². The molecule has 1 aromatic heterocycles. The van der Waals surface area contributed by atoms with E-state index < -0.39 is 0 Å². The van der Waals surface area contributed by atoms with Gasteiger partial charge >= 0.3 is 0 Å². The van der Waals surface area contributed by atoms with Gasteiger partial charge in [0.2, 0.25) is 12.4 Å². The minimum absolute atomic E-state index is 0.433. The molecule has 138 valence electrons. The third-order valence-electron chi connectivity index (χ3n) is 4.15. The second kappa shape index (κ2) is 8.09. The number of carbonyl (C=O) groups excluding carboxylic acids is 1. The van der Waals surface area contributed by atoms with Gasteiger partial charge in [0.25, 0.3) is 0 Å². The summed E-state index contributed by atoms with van der Waals surface area (Å²) in [5.74, 6) is 2.32. The van der Waals surface area contributed by atoms with Crippen molar-refractivity contribution in [2.45, 2.75) is 0 Å². The van der Waals surface area contributed by atoms with Gasteiger partial charge in [-0.05, 0) is 6.07 Å². The number of benzene rings is 1. The first kappa shape index (κ1) is 18.1. The van der Waals surface area contributed by atoms with Gasteiger partial charge in [0.1, 0.15) is 17.3 Å². The Kier molecular flexibility index (Phi) is 5.62. The lowest BCUT2D eigenvalue weighted by molar-refractivity contribution is -0.118. The van der Waals surface area contributed by atoms with Crippen LogP contribution in [0.3, 0.4) is 0 Å². The van der Waals surface area contributed by atoms with E-state index >= 15 is 0 Å². The van der Waals surface area contributed by atoms with Gasteiger partial charge in [-0.25, -0.2) is 4.98 Å². The molecule has 0 atom stereocenters. The molecular weight excluding hydrogens is 358 g/mol. The number of amides is 1. The maximum Gasteiger partial charge on any atom is 0.229 e. The van der Waals surface area contributed by atoms with Crippen LogP contribution in [-0.4, -0.2) is 61.7 Å². The van der Waals surface area contributed by atoms with E-state index in [9.17, 15) is 4.79 Å². The Labute approximate surface area is 156 Å². The number of anilines is 3. The SMILES string of the molecule is COc1cc(Nc2nccc(N3CCN(C=O)CC3)n2)c(OC)cc1Cl. The van der Waals surface area contributed by atoms with Crippen molar-refractivity contribution in [1.82, 2.24) is 14.9 Å². The van der Waals surface area contributed by atoms with Crippen LogP contribution >= 0.6 is 11.6 Å². The number of aromatic nitrogens is 2. The summed E-state index contributed by atoms with van der Waals surface area (Å²) in [6, 6.07) is 5.26. The summed E-state index contributed by atoms with van der Waals surface area (Å²) in [7, 11) is 3.11. The Hall–Kier alpha value is -2.74. The van der Waals surface area contributed by atoms with E-state index in [-0.39, 0.29) is 0 Å². The van der Waals surface area contributed by atoms with E-state index in [1.54, 1.807) is 37.4 Å². The van der Waals surface area contributed by atoms with Crippen LogP contribution in [0.25, 0.3) is 0 Å². The van der Waals surface area contributed by atoms with Crippen molar-refractivity contribution < 1.29 is 14.3 Å². The Morgan fingerprint density at radius 2 is 1.88 bits per heavy atom. The highest BCUT2D eigenvalue weighted by Crippen LogP contribution is 2.36. The van der Waals surface area contributed by atoms with Crippen molar-refractivity contribution >= 4 is 35.5 Å². The number of nitrogens with zero attached hydrogens (tertiary/aromatic N) is 4. The Morgan fingerprint density at radius 1 is 1.15 bits per heavy atom. The molecule has 2 aromatic rings. The Bertz CT molecular complexity index is 781. The Balaban J connectivity index is 1.80. The van der Waals surface area contributed by atoms with Crippen LogP contribution in [0.1, 0.15) is 0 Å². The van der Waals surface area contributed by atoms with E-state index in [4.69, 9.17) is 21.1 Å². The smallest absolute Gasteiger partial charge is 0.229 e. The van der Waals surface area contributed by atoms with Crippen molar-refractivity contribution in [1.29, 1.82) is 0 Å². The number of rotatable bonds is 6. The minimum Gasteiger partial charge on any atom is -0.495 e. The molecule has 1 aliphatic heterocycles. The normalized spacial score (nSPS) is 14.1. The van der Waals surface area contributed by atoms with Gasteiger partial charge in [-0.15, -0.1) is 0 Å². The molecule has 2 heterocycles. The Morgan fingerprint density at radius 3 is 2.54 bits per heavy atom. The van der Waals surface area contributed by atoms with Crippen molar-refractivity contribution in [3.63, 3.8) is 0 Å². The topological polar surface area (TPSA) is 79.8 Å². The maximum atomic E-state index is 10.8. The summed E-state index contributed by atoms with van der Waals surface area (Å²) in [5.41, 5.74) is 0.650. The fourth-order valence-electron chi connectivity index (χ4n) is 2.72. The lowest BCUT2D eigenvalue weighted by Crippen LogP contribution is -2.46. The molecule has 0 aliphatic carbocycles. The van der Waals surface area contributed by atoms with E-state index in [2.05, 4.69) is 20.2 Å². The number of carbonyl (C=O) groups is 1. The summed E-state index contributed by atoms with van der Waals surface area (Å²) in [5, 5.41) is 3.60. The van der Waals surface area contributed by atoms with Crippen LogP contribution in [-0.2, 0) is 4.79 Å². The van der Waals surface area contributed by atoms with E-state index in [1.165, 1.54) is 0 Å². The number of methoxy groups -OCH3 is 2. The standard InChI is InChI=1S/C17H20ClN5O3/c1-25-14-10-13(15(26-2)9-12(14)18)20-17-19-4-3-16(21-17)23-7-5-22(11-24)6-8-23/h3-4,9-11H,5-8H2,1-2H3,(H,19,20,21). The molecule has 0 spiro atoms. The monoisotopic (exact) mass is 377 g/mol. The van der Waals surface area contributed by atoms with Crippen molar-refractivity contribution in [2.75, 3.05) is 50.6 Å². The fraction of sp³-hybridized carbons (Fsp3) is 0.353. The number of nitrogens with one attached hydrogen (secondary N) is 1. The summed E-state index contributed by atoms with van der Waals surface area (Å²) >= 11 is 6.13. The molecule has 1 fully saturated rings. The third-order valence-corrected chi connectivity index (χ3v) is 4.44. The molecule has 26 heavy (non-hydrogen) atoms. The van der Waals surface area contributed by atoms with Crippen LogP contribution in [0.4, 0.5) is 17.5 Å². The van der Waals surface area contributed by atoms with Gasteiger partial charge in [0, 0.05) is 44.5 Å². The molecule has 0 saturated carbocycles. The molecule has 0 radical (unpaired) electrons. The highest BCUT2D eigenvalue weighted by atomic mass is 35.5. The van der Waals surface area contributed by atoms with Gasteiger partial charge in [0.05, 0.1) is 24.9 Å². The van der Waals surface area contributed by atoms with Gasteiger partial charge in [0.15, 0.2) is 0 Å².